The van der Waals surface area contributed by atoms with Gasteiger partial charge in [0, 0.05) is 26.3 Å². The SMILES string of the molecule is CN(C(=O)OCCO)C1CCOCC1. The first kappa shape index (κ1) is 11.3. The molecule has 0 aromatic rings. The van der Waals surface area contributed by atoms with E-state index < -0.39 is 0 Å². The van der Waals surface area contributed by atoms with E-state index in [1.54, 1.807) is 11.9 Å². The normalized spacial score (nSPS) is 17.9. The Morgan fingerprint density at radius 1 is 1.57 bits per heavy atom. The lowest BCUT2D eigenvalue weighted by Gasteiger charge is -2.30. The zero-order valence-electron chi connectivity index (χ0n) is 8.44. The fraction of sp³-hybridized carbons (Fsp3) is 0.889. The number of amides is 1. The van der Waals surface area contributed by atoms with Crippen LogP contribution in [0, 0.1) is 0 Å². The molecule has 0 aromatic carbocycles. The van der Waals surface area contributed by atoms with E-state index in [0.717, 1.165) is 12.8 Å². The van der Waals surface area contributed by atoms with Crippen LogP contribution in [0.25, 0.3) is 0 Å². The van der Waals surface area contributed by atoms with Crippen molar-refractivity contribution < 1.29 is 19.4 Å². The molecule has 0 aromatic heterocycles. The van der Waals surface area contributed by atoms with Crippen molar-refractivity contribution in [3.05, 3.63) is 0 Å². The second-order valence-electron chi connectivity index (χ2n) is 3.29. The summed E-state index contributed by atoms with van der Waals surface area (Å²) < 4.78 is 9.99. The first-order valence-corrected chi connectivity index (χ1v) is 4.84. The Labute approximate surface area is 83.6 Å². The van der Waals surface area contributed by atoms with Crippen molar-refractivity contribution in [3.63, 3.8) is 0 Å². The van der Waals surface area contributed by atoms with Gasteiger partial charge in [-0.2, -0.15) is 0 Å². The van der Waals surface area contributed by atoms with Gasteiger partial charge in [-0.25, -0.2) is 4.79 Å². The van der Waals surface area contributed by atoms with E-state index >= 15 is 0 Å². The second kappa shape index (κ2) is 5.82. The minimum Gasteiger partial charge on any atom is -0.447 e. The van der Waals surface area contributed by atoms with Crippen LogP contribution >= 0.6 is 0 Å². The Morgan fingerprint density at radius 3 is 2.79 bits per heavy atom. The van der Waals surface area contributed by atoms with Gasteiger partial charge < -0.3 is 19.5 Å². The molecule has 0 saturated carbocycles. The molecule has 1 saturated heterocycles. The van der Waals surface area contributed by atoms with Gasteiger partial charge in [-0.1, -0.05) is 0 Å². The molecule has 5 nitrogen and oxygen atoms in total. The Bertz CT molecular complexity index is 180. The van der Waals surface area contributed by atoms with Gasteiger partial charge in [-0.3, -0.25) is 0 Å². The van der Waals surface area contributed by atoms with Crippen LogP contribution in [0.5, 0.6) is 0 Å². The Morgan fingerprint density at radius 2 is 2.21 bits per heavy atom. The molecule has 0 unspecified atom stereocenters. The molecule has 0 atom stereocenters. The van der Waals surface area contributed by atoms with Crippen LogP contribution in [-0.2, 0) is 9.47 Å². The summed E-state index contributed by atoms with van der Waals surface area (Å²) >= 11 is 0. The maximum absolute atomic E-state index is 11.4. The molecule has 1 N–H and O–H groups in total. The zero-order chi connectivity index (χ0) is 10.4. The molecular weight excluding hydrogens is 186 g/mol. The summed E-state index contributed by atoms with van der Waals surface area (Å²) in [6, 6.07) is 0.204. The molecule has 1 fully saturated rings. The lowest BCUT2D eigenvalue weighted by molar-refractivity contribution is 0.0309. The predicted molar refractivity (Wildman–Crippen MR) is 50.0 cm³/mol. The molecule has 1 heterocycles. The highest BCUT2D eigenvalue weighted by atomic mass is 16.6. The molecular formula is C9H17NO4. The molecule has 5 heteroatoms. The van der Waals surface area contributed by atoms with Crippen molar-refractivity contribution in [3.8, 4) is 0 Å². The third-order valence-corrected chi connectivity index (χ3v) is 2.34. The average molecular weight is 203 g/mol. The van der Waals surface area contributed by atoms with E-state index in [1.165, 1.54) is 0 Å². The largest absolute Gasteiger partial charge is 0.447 e. The van der Waals surface area contributed by atoms with E-state index in [-0.39, 0.29) is 25.3 Å². The minimum absolute atomic E-state index is 0.0619. The summed E-state index contributed by atoms with van der Waals surface area (Å²) in [6.07, 6.45) is 1.33. The molecule has 1 aliphatic rings. The number of nitrogens with zero attached hydrogens (tertiary/aromatic N) is 1. The van der Waals surface area contributed by atoms with Crippen LogP contribution in [-0.4, -0.2) is 55.6 Å². The summed E-state index contributed by atoms with van der Waals surface area (Å²) in [5, 5.41) is 8.49. The third-order valence-electron chi connectivity index (χ3n) is 2.34. The fourth-order valence-electron chi connectivity index (χ4n) is 1.46. The zero-order valence-corrected chi connectivity index (χ0v) is 8.44. The van der Waals surface area contributed by atoms with E-state index in [4.69, 9.17) is 14.6 Å². The lowest BCUT2D eigenvalue weighted by atomic mass is 10.1. The van der Waals surface area contributed by atoms with Crippen LogP contribution in [0.3, 0.4) is 0 Å². The van der Waals surface area contributed by atoms with Crippen LogP contribution in [0.2, 0.25) is 0 Å². The molecule has 0 bridgehead atoms. The number of carbonyl (C=O) groups is 1. The van der Waals surface area contributed by atoms with Crippen LogP contribution in [0.4, 0.5) is 4.79 Å². The summed E-state index contributed by atoms with van der Waals surface area (Å²) in [7, 11) is 1.72. The van der Waals surface area contributed by atoms with Crippen molar-refractivity contribution in [1.29, 1.82) is 0 Å². The van der Waals surface area contributed by atoms with Crippen molar-refractivity contribution in [2.75, 3.05) is 33.5 Å². The highest BCUT2D eigenvalue weighted by Gasteiger charge is 2.23. The van der Waals surface area contributed by atoms with Crippen molar-refractivity contribution >= 4 is 6.09 Å². The summed E-state index contributed by atoms with van der Waals surface area (Å²) in [6.45, 7) is 1.32. The number of aliphatic hydroxyl groups is 1. The number of rotatable bonds is 3. The third kappa shape index (κ3) is 3.16. The molecule has 14 heavy (non-hydrogen) atoms. The summed E-state index contributed by atoms with van der Waals surface area (Å²) in [5.41, 5.74) is 0. The molecule has 0 radical (unpaired) electrons. The van der Waals surface area contributed by atoms with Gasteiger partial charge in [-0.05, 0) is 12.8 Å². The monoisotopic (exact) mass is 203 g/mol. The first-order valence-electron chi connectivity index (χ1n) is 4.84. The molecule has 82 valence electrons. The average Bonchev–Trinajstić information content (AvgIpc) is 2.26. The minimum atomic E-state index is -0.369. The smallest absolute Gasteiger partial charge is 0.409 e. The number of hydrogen-bond acceptors (Lipinski definition) is 4. The van der Waals surface area contributed by atoms with E-state index in [1.807, 2.05) is 0 Å². The van der Waals surface area contributed by atoms with Gasteiger partial charge in [-0.15, -0.1) is 0 Å². The highest BCUT2D eigenvalue weighted by molar-refractivity contribution is 5.67. The standard InChI is InChI=1S/C9H17NO4/c1-10(9(12)14-7-4-11)8-2-5-13-6-3-8/h8,11H,2-7H2,1H3. The van der Waals surface area contributed by atoms with Crippen molar-refractivity contribution in [1.82, 2.24) is 4.90 Å². The van der Waals surface area contributed by atoms with Gasteiger partial charge in [0.1, 0.15) is 6.61 Å². The molecule has 1 aliphatic heterocycles. The quantitative estimate of drug-likeness (QED) is 0.713. The van der Waals surface area contributed by atoms with Gasteiger partial charge in [0.2, 0.25) is 0 Å². The Balaban J connectivity index is 2.30. The number of hydrogen-bond donors (Lipinski definition) is 1. The van der Waals surface area contributed by atoms with Crippen molar-refractivity contribution in [2.24, 2.45) is 0 Å². The number of aliphatic hydroxyl groups excluding tert-OH is 1. The van der Waals surface area contributed by atoms with Gasteiger partial charge in [0.15, 0.2) is 0 Å². The summed E-state index contributed by atoms with van der Waals surface area (Å²) in [5.74, 6) is 0. The number of ether oxygens (including phenoxy) is 2. The van der Waals surface area contributed by atoms with Crippen molar-refractivity contribution in [2.45, 2.75) is 18.9 Å². The van der Waals surface area contributed by atoms with Gasteiger partial charge in [0.05, 0.1) is 6.61 Å². The molecule has 0 spiro atoms. The van der Waals surface area contributed by atoms with E-state index in [9.17, 15) is 4.79 Å². The first-order chi connectivity index (χ1) is 6.75. The van der Waals surface area contributed by atoms with Gasteiger partial charge in [0.25, 0.3) is 0 Å². The predicted octanol–water partition coefficient (Wildman–Crippen LogP) is 0.226. The van der Waals surface area contributed by atoms with E-state index in [2.05, 4.69) is 0 Å². The van der Waals surface area contributed by atoms with Crippen LogP contribution in [0.15, 0.2) is 0 Å². The highest BCUT2D eigenvalue weighted by Crippen LogP contribution is 2.13. The second-order valence-corrected chi connectivity index (χ2v) is 3.29. The number of carbonyl (C=O) groups excluding carboxylic acids is 1. The molecule has 0 aliphatic carbocycles. The topological polar surface area (TPSA) is 59.0 Å². The maximum Gasteiger partial charge on any atom is 0.409 e. The van der Waals surface area contributed by atoms with Crippen LogP contribution in [0.1, 0.15) is 12.8 Å². The molecule has 1 amide bonds. The molecule has 1 rings (SSSR count). The summed E-state index contributed by atoms with van der Waals surface area (Å²) in [4.78, 5) is 12.9. The lowest BCUT2D eigenvalue weighted by Crippen LogP contribution is -2.41. The van der Waals surface area contributed by atoms with E-state index in [0.29, 0.717) is 13.2 Å². The maximum atomic E-state index is 11.4. The van der Waals surface area contributed by atoms with Gasteiger partial charge >= 0.3 is 6.09 Å². The van der Waals surface area contributed by atoms with Crippen LogP contribution < -0.4 is 0 Å². The Kier molecular flexibility index (Phi) is 4.69. The fourth-order valence-corrected chi connectivity index (χ4v) is 1.46. The Hall–Kier alpha value is -0.810.